The van der Waals surface area contributed by atoms with Crippen molar-refractivity contribution in [3.05, 3.63) is 0 Å². The number of nitrogens with zero attached hydrogens (tertiary/aromatic N) is 1. The van der Waals surface area contributed by atoms with Crippen LogP contribution >= 0.6 is 0 Å². The SMILES string of the molecule is CC1OCCCCN1C=O. The summed E-state index contributed by atoms with van der Waals surface area (Å²) in [6.07, 6.45) is 2.95. The first-order valence-corrected chi connectivity index (χ1v) is 3.67. The second-order valence-corrected chi connectivity index (χ2v) is 2.52. The molecule has 0 spiro atoms. The Bertz CT molecular complexity index is 116. The van der Waals surface area contributed by atoms with Gasteiger partial charge in [0.2, 0.25) is 6.41 Å². The van der Waals surface area contributed by atoms with Gasteiger partial charge in [0.05, 0.1) is 0 Å². The molecule has 0 aromatic rings. The minimum Gasteiger partial charge on any atom is -0.359 e. The Morgan fingerprint density at radius 3 is 3.10 bits per heavy atom. The molecular weight excluding hydrogens is 130 g/mol. The lowest BCUT2D eigenvalue weighted by Crippen LogP contribution is -2.32. The molecule has 1 aliphatic heterocycles. The van der Waals surface area contributed by atoms with Crippen LogP contribution in [-0.4, -0.2) is 30.7 Å². The highest BCUT2D eigenvalue weighted by Crippen LogP contribution is 2.06. The first-order valence-electron chi connectivity index (χ1n) is 3.67. The van der Waals surface area contributed by atoms with Crippen LogP contribution in [0.1, 0.15) is 19.8 Å². The van der Waals surface area contributed by atoms with Crippen molar-refractivity contribution >= 4 is 6.41 Å². The normalized spacial score (nSPS) is 27.7. The summed E-state index contributed by atoms with van der Waals surface area (Å²) < 4.78 is 5.30. The summed E-state index contributed by atoms with van der Waals surface area (Å²) in [7, 11) is 0. The first-order chi connectivity index (χ1) is 4.84. The number of amides is 1. The predicted octanol–water partition coefficient (Wildman–Crippen LogP) is 0.601. The zero-order valence-electron chi connectivity index (χ0n) is 6.25. The number of ether oxygens (including phenoxy) is 1. The van der Waals surface area contributed by atoms with Crippen LogP contribution in [0.15, 0.2) is 0 Å². The Labute approximate surface area is 61.0 Å². The molecule has 1 fully saturated rings. The van der Waals surface area contributed by atoms with Gasteiger partial charge in [-0.05, 0) is 19.8 Å². The lowest BCUT2D eigenvalue weighted by atomic mass is 10.3. The van der Waals surface area contributed by atoms with Gasteiger partial charge in [-0.3, -0.25) is 4.79 Å². The summed E-state index contributed by atoms with van der Waals surface area (Å²) in [5.74, 6) is 0. The fraction of sp³-hybridized carbons (Fsp3) is 0.857. The quantitative estimate of drug-likeness (QED) is 0.503. The van der Waals surface area contributed by atoms with Gasteiger partial charge >= 0.3 is 0 Å². The minimum atomic E-state index is -0.0278. The molecule has 0 aromatic heterocycles. The fourth-order valence-corrected chi connectivity index (χ4v) is 1.07. The zero-order valence-corrected chi connectivity index (χ0v) is 6.25. The number of rotatable bonds is 1. The monoisotopic (exact) mass is 143 g/mol. The second-order valence-electron chi connectivity index (χ2n) is 2.52. The molecule has 10 heavy (non-hydrogen) atoms. The van der Waals surface area contributed by atoms with Crippen molar-refractivity contribution in [2.45, 2.75) is 26.0 Å². The van der Waals surface area contributed by atoms with Crippen molar-refractivity contribution in [3.63, 3.8) is 0 Å². The van der Waals surface area contributed by atoms with Crippen LogP contribution in [0.25, 0.3) is 0 Å². The summed E-state index contributed by atoms with van der Waals surface area (Å²) in [6, 6.07) is 0. The van der Waals surface area contributed by atoms with E-state index in [0.29, 0.717) is 0 Å². The van der Waals surface area contributed by atoms with E-state index in [1.165, 1.54) is 0 Å². The summed E-state index contributed by atoms with van der Waals surface area (Å²) in [5.41, 5.74) is 0. The van der Waals surface area contributed by atoms with Crippen molar-refractivity contribution in [3.8, 4) is 0 Å². The highest BCUT2D eigenvalue weighted by molar-refractivity contribution is 5.47. The summed E-state index contributed by atoms with van der Waals surface area (Å²) in [6.45, 7) is 3.52. The maximum atomic E-state index is 10.4. The second kappa shape index (κ2) is 3.56. The smallest absolute Gasteiger partial charge is 0.211 e. The van der Waals surface area contributed by atoms with E-state index in [0.717, 1.165) is 32.4 Å². The number of carbonyl (C=O) groups excluding carboxylic acids is 1. The molecule has 0 aromatic carbocycles. The van der Waals surface area contributed by atoms with Crippen molar-refractivity contribution in [1.82, 2.24) is 4.90 Å². The van der Waals surface area contributed by atoms with Gasteiger partial charge in [-0.15, -0.1) is 0 Å². The van der Waals surface area contributed by atoms with Crippen LogP contribution < -0.4 is 0 Å². The molecule has 0 bridgehead atoms. The van der Waals surface area contributed by atoms with E-state index in [4.69, 9.17) is 4.74 Å². The molecule has 3 heteroatoms. The number of hydrogen-bond donors (Lipinski definition) is 0. The highest BCUT2D eigenvalue weighted by Gasteiger charge is 2.13. The van der Waals surface area contributed by atoms with E-state index >= 15 is 0 Å². The summed E-state index contributed by atoms with van der Waals surface area (Å²) in [5, 5.41) is 0. The Kier molecular flexibility index (Phi) is 2.68. The average molecular weight is 143 g/mol. The van der Waals surface area contributed by atoms with E-state index in [9.17, 15) is 4.79 Å². The van der Waals surface area contributed by atoms with E-state index in [1.54, 1.807) is 4.90 Å². The Morgan fingerprint density at radius 1 is 1.60 bits per heavy atom. The van der Waals surface area contributed by atoms with Gasteiger partial charge < -0.3 is 9.64 Å². The maximum Gasteiger partial charge on any atom is 0.211 e. The van der Waals surface area contributed by atoms with Crippen molar-refractivity contribution in [2.75, 3.05) is 13.2 Å². The third kappa shape index (κ3) is 1.70. The molecule has 1 aliphatic rings. The largest absolute Gasteiger partial charge is 0.359 e. The Morgan fingerprint density at radius 2 is 2.40 bits per heavy atom. The molecule has 3 nitrogen and oxygen atoms in total. The molecule has 1 saturated heterocycles. The van der Waals surface area contributed by atoms with Crippen molar-refractivity contribution in [2.24, 2.45) is 0 Å². The molecule has 1 amide bonds. The Balaban J connectivity index is 2.43. The standard InChI is InChI=1S/C7H13NO2/c1-7-8(6-9)4-2-3-5-10-7/h6-7H,2-5H2,1H3. The van der Waals surface area contributed by atoms with E-state index in [2.05, 4.69) is 0 Å². The maximum absolute atomic E-state index is 10.4. The fourth-order valence-electron chi connectivity index (χ4n) is 1.07. The van der Waals surface area contributed by atoms with E-state index < -0.39 is 0 Å². The summed E-state index contributed by atoms with van der Waals surface area (Å²) in [4.78, 5) is 12.1. The molecular formula is C7H13NO2. The minimum absolute atomic E-state index is 0.0278. The first kappa shape index (κ1) is 7.54. The van der Waals surface area contributed by atoms with Gasteiger partial charge in [-0.25, -0.2) is 0 Å². The van der Waals surface area contributed by atoms with Crippen LogP contribution in [0.4, 0.5) is 0 Å². The molecule has 0 radical (unpaired) electrons. The van der Waals surface area contributed by atoms with Gasteiger partial charge in [0.15, 0.2) is 0 Å². The van der Waals surface area contributed by atoms with E-state index in [-0.39, 0.29) is 6.23 Å². The predicted molar refractivity (Wildman–Crippen MR) is 37.4 cm³/mol. The molecule has 1 rings (SSSR count). The van der Waals surface area contributed by atoms with Crippen LogP contribution in [-0.2, 0) is 9.53 Å². The lowest BCUT2D eigenvalue weighted by molar-refractivity contribution is -0.128. The number of hydrogen-bond acceptors (Lipinski definition) is 2. The van der Waals surface area contributed by atoms with Crippen LogP contribution in [0, 0.1) is 0 Å². The molecule has 0 saturated carbocycles. The zero-order chi connectivity index (χ0) is 7.40. The van der Waals surface area contributed by atoms with Crippen LogP contribution in [0.3, 0.4) is 0 Å². The molecule has 58 valence electrons. The molecule has 0 N–H and O–H groups in total. The Hall–Kier alpha value is -0.570. The van der Waals surface area contributed by atoms with Gasteiger partial charge in [0.25, 0.3) is 0 Å². The lowest BCUT2D eigenvalue weighted by Gasteiger charge is -2.21. The summed E-state index contributed by atoms with van der Waals surface area (Å²) >= 11 is 0. The molecule has 1 atom stereocenters. The molecule has 1 unspecified atom stereocenters. The third-order valence-corrected chi connectivity index (χ3v) is 1.77. The molecule has 0 aliphatic carbocycles. The van der Waals surface area contributed by atoms with E-state index in [1.807, 2.05) is 6.92 Å². The van der Waals surface area contributed by atoms with Gasteiger partial charge in [-0.2, -0.15) is 0 Å². The topological polar surface area (TPSA) is 29.5 Å². The highest BCUT2D eigenvalue weighted by atomic mass is 16.5. The van der Waals surface area contributed by atoms with Gasteiger partial charge in [0, 0.05) is 13.2 Å². The molecule has 1 heterocycles. The van der Waals surface area contributed by atoms with Crippen molar-refractivity contribution < 1.29 is 9.53 Å². The van der Waals surface area contributed by atoms with Crippen molar-refractivity contribution in [1.29, 1.82) is 0 Å². The third-order valence-electron chi connectivity index (χ3n) is 1.77. The van der Waals surface area contributed by atoms with Crippen LogP contribution in [0.2, 0.25) is 0 Å². The van der Waals surface area contributed by atoms with Crippen LogP contribution in [0.5, 0.6) is 0 Å². The number of carbonyl (C=O) groups is 1. The average Bonchev–Trinajstić information content (AvgIpc) is 2.13. The van der Waals surface area contributed by atoms with Gasteiger partial charge in [-0.1, -0.05) is 0 Å². The van der Waals surface area contributed by atoms with Gasteiger partial charge in [0.1, 0.15) is 6.23 Å².